The standard InChI is InChI=1S/C6H6O5P/c1-3-5(7)10-12(9)11-6(8)4-2/h1-2,5-8H/q+1. The van der Waals surface area contributed by atoms with Crippen molar-refractivity contribution in [3.63, 3.8) is 0 Å². The molecule has 2 atom stereocenters. The molecule has 0 fully saturated rings. The van der Waals surface area contributed by atoms with E-state index in [2.05, 4.69) is 21.9 Å². The average molecular weight is 189 g/mol. The first kappa shape index (κ1) is 11.1. The second kappa shape index (κ2) is 5.68. The molecule has 6 heteroatoms. The van der Waals surface area contributed by atoms with Gasteiger partial charge in [0.1, 0.15) is 0 Å². The highest BCUT2D eigenvalue weighted by molar-refractivity contribution is 7.33. The van der Waals surface area contributed by atoms with Gasteiger partial charge in [-0.1, -0.05) is 9.05 Å². The second-order valence-electron chi connectivity index (χ2n) is 1.47. The first-order valence-corrected chi connectivity index (χ1v) is 3.79. The van der Waals surface area contributed by atoms with Crippen molar-refractivity contribution in [3.8, 4) is 24.7 Å². The lowest BCUT2D eigenvalue weighted by Gasteiger charge is -1.93. The fourth-order valence-electron chi connectivity index (χ4n) is 0.249. The van der Waals surface area contributed by atoms with Gasteiger partial charge < -0.3 is 10.2 Å². The topological polar surface area (TPSA) is 76.0 Å². The third-order valence-electron chi connectivity index (χ3n) is 0.657. The normalized spacial score (nSPS) is 15.5. The van der Waals surface area contributed by atoms with Crippen LogP contribution in [0, 0.1) is 24.7 Å². The Balaban J connectivity index is 3.78. The highest BCUT2D eigenvalue weighted by atomic mass is 31.1. The molecular weight excluding hydrogens is 183 g/mol. The van der Waals surface area contributed by atoms with E-state index in [1.165, 1.54) is 0 Å². The molecule has 0 aliphatic carbocycles. The van der Waals surface area contributed by atoms with Crippen LogP contribution >= 0.6 is 8.25 Å². The van der Waals surface area contributed by atoms with Crippen LogP contribution in [0.15, 0.2) is 0 Å². The molecule has 0 aliphatic heterocycles. The van der Waals surface area contributed by atoms with Crippen molar-refractivity contribution in [1.29, 1.82) is 0 Å². The Kier molecular flexibility index (Phi) is 5.23. The SMILES string of the molecule is C#CC(O)O[P+](=O)OC(O)C#C. The number of hydrogen-bond donors (Lipinski definition) is 2. The van der Waals surface area contributed by atoms with Crippen molar-refractivity contribution in [3.05, 3.63) is 0 Å². The summed E-state index contributed by atoms with van der Waals surface area (Å²) in [5.74, 6) is 3.45. The van der Waals surface area contributed by atoms with Crippen LogP contribution in [0.3, 0.4) is 0 Å². The second-order valence-corrected chi connectivity index (χ2v) is 2.34. The van der Waals surface area contributed by atoms with Gasteiger partial charge in [-0.25, -0.2) is 0 Å². The lowest BCUT2D eigenvalue weighted by Crippen LogP contribution is -2.08. The Hall–Kier alpha value is -0.940. The van der Waals surface area contributed by atoms with E-state index in [0.717, 1.165) is 0 Å². The summed E-state index contributed by atoms with van der Waals surface area (Å²) in [6.07, 6.45) is 6.06. The summed E-state index contributed by atoms with van der Waals surface area (Å²) in [7, 11) is -2.71. The average Bonchev–Trinajstić information content (AvgIpc) is 2.03. The zero-order chi connectivity index (χ0) is 9.56. The van der Waals surface area contributed by atoms with Crippen molar-refractivity contribution in [2.24, 2.45) is 0 Å². The largest absolute Gasteiger partial charge is 0.705 e. The van der Waals surface area contributed by atoms with E-state index in [-0.39, 0.29) is 0 Å². The van der Waals surface area contributed by atoms with Gasteiger partial charge in [0.2, 0.25) is 0 Å². The Morgan fingerprint density at radius 3 is 1.75 bits per heavy atom. The maximum atomic E-state index is 10.6. The van der Waals surface area contributed by atoms with Crippen LogP contribution in [0.25, 0.3) is 0 Å². The minimum atomic E-state index is -2.71. The predicted octanol–water partition coefficient (Wildman–Crippen LogP) is -0.420. The molecule has 5 nitrogen and oxygen atoms in total. The summed E-state index contributed by atoms with van der Waals surface area (Å²) in [5.41, 5.74) is 0. The monoisotopic (exact) mass is 189 g/mol. The number of rotatable bonds is 4. The molecule has 0 amide bonds. The Morgan fingerprint density at radius 1 is 1.17 bits per heavy atom. The molecule has 12 heavy (non-hydrogen) atoms. The third-order valence-corrected chi connectivity index (χ3v) is 1.40. The zero-order valence-corrected chi connectivity index (χ0v) is 6.77. The molecule has 0 rings (SSSR count). The van der Waals surface area contributed by atoms with E-state index >= 15 is 0 Å². The van der Waals surface area contributed by atoms with Crippen LogP contribution in [0.5, 0.6) is 0 Å². The van der Waals surface area contributed by atoms with Gasteiger partial charge in [-0.15, -0.1) is 12.8 Å². The van der Waals surface area contributed by atoms with Gasteiger partial charge in [0.15, 0.2) is 0 Å². The predicted molar refractivity (Wildman–Crippen MR) is 39.5 cm³/mol. The first-order valence-electron chi connectivity index (χ1n) is 2.69. The molecule has 0 radical (unpaired) electrons. The van der Waals surface area contributed by atoms with Crippen molar-refractivity contribution in [2.45, 2.75) is 12.6 Å². The molecule has 2 unspecified atom stereocenters. The molecule has 0 spiro atoms. The minimum Gasteiger partial charge on any atom is -0.355 e. The van der Waals surface area contributed by atoms with Crippen LogP contribution < -0.4 is 0 Å². The molecule has 0 heterocycles. The number of aliphatic hydroxyl groups excluding tert-OH is 2. The molecule has 64 valence electrons. The maximum absolute atomic E-state index is 10.6. The van der Waals surface area contributed by atoms with Gasteiger partial charge in [-0.2, -0.15) is 0 Å². The van der Waals surface area contributed by atoms with Gasteiger partial charge in [0, 0.05) is 4.57 Å². The molecule has 0 aromatic rings. The molecule has 0 bridgehead atoms. The number of aliphatic hydroxyl groups is 2. The number of hydrogen-bond acceptors (Lipinski definition) is 5. The fourth-order valence-corrected chi connectivity index (χ4v) is 0.746. The molecule has 0 aliphatic rings. The van der Waals surface area contributed by atoms with E-state index in [9.17, 15) is 4.57 Å². The van der Waals surface area contributed by atoms with Gasteiger partial charge in [0.25, 0.3) is 12.6 Å². The quantitative estimate of drug-likeness (QED) is 0.357. The highest BCUT2D eigenvalue weighted by Crippen LogP contribution is 2.26. The Labute approximate surface area is 70.3 Å². The molecular formula is C6H6O5P+. The molecule has 0 aromatic heterocycles. The Morgan fingerprint density at radius 2 is 1.50 bits per heavy atom. The van der Waals surface area contributed by atoms with E-state index in [0.29, 0.717) is 0 Å². The first-order chi connectivity index (χ1) is 5.60. The van der Waals surface area contributed by atoms with Crippen molar-refractivity contribution < 1.29 is 23.8 Å². The smallest absolute Gasteiger partial charge is 0.355 e. The zero-order valence-electron chi connectivity index (χ0n) is 5.88. The molecule has 2 N–H and O–H groups in total. The van der Waals surface area contributed by atoms with Gasteiger partial charge in [0.05, 0.1) is 0 Å². The summed E-state index contributed by atoms with van der Waals surface area (Å²) in [5, 5.41) is 17.1. The minimum absolute atomic E-state index is 1.64. The number of terminal acetylenes is 2. The highest BCUT2D eigenvalue weighted by Gasteiger charge is 2.28. The fraction of sp³-hybridized carbons (Fsp3) is 0.333. The van der Waals surface area contributed by atoms with E-state index in [4.69, 9.17) is 10.2 Å². The summed E-state index contributed by atoms with van der Waals surface area (Å²) < 4.78 is 18.8. The summed E-state index contributed by atoms with van der Waals surface area (Å²) in [6.45, 7) is 0. The van der Waals surface area contributed by atoms with E-state index in [1.807, 2.05) is 0 Å². The van der Waals surface area contributed by atoms with Crippen LogP contribution in [0.4, 0.5) is 0 Å². The van der Waals surface area contributed by atoms with Crippen LogP contribution in [0.2, 0.25) is 0 Å². The van der Waals surface area contributed by atoms with E-state index in [1.54, 1.807) is 11.8 Å². The Bertz CT molecular complexity index is 213. The molecule has 0 aromatic carbocycles. The van der Waals surface area contributed by atoms with Crippen LogP contribution in [0.1, 0.15) is 0 Å². The van der Waals surface area contributed by atoms with Crippen LogP contribution in [-0.4, -0.2) is 22.8 Å². The van der Waals surface area contributed by atoms with Gasteiger partial charge in [-0.3, -0.25) is 0 Å². The van der Waals surface area contributed by atoms with Crippen LogP contribution in [-0.2, 0) is 13.6 Å². The van der Waals surface area contributed by atoms with Gasteiger partial charge >= 0.3 is 8.25 Å². The lowest BCUT2D eigenvalue weighted by atomic mass is 10.7. The van der Waals surface area contributed by atoms with Crippen molar-refractivity contribution in [1.82, 2.24) is 0 Å². The lowest BCUT2D eigenvalue weighted by molar-refractivity contribution is -0.0114. The maximum Gasteiger partial charge on any atom is 0.705 e. The summed E-state index contributed by atoms with van der Waals surface area (Å²) in [4.78, 5) is 0. The third kappa shape index (κ3) is 4.81. The molecule has 0 saturated heterocycles. The van der Waals surface area contributed by atoms with E-state index < -0.39 is 20.8 Å². The molecule has 0 saturated carbocycles. The van der Waals surface area contributed by atoms with Gasteiger partial charge in [-0.05, 0) is 11.8 Å². The van der Waals surface area contributed by atoms with Crippen molar-refractivity contribution in [2.75, 3.05) is 0 Å². The van der Waals surface area contributed by atoms with Crippen molar-refractivity contribution >= 4 is 8.25 Å². The summed E-state index contributed by atoms with van der Waals surface area (Å²) >= 11 is 0. The summed E-state index contributed by atoms with van der Waals surface area (Å²) in [6, 6.07) is 0.